The van der Waals surface area contributed by atoms with Crippen molar-refractivity contribution in [1.29, 1.82) is 0 Å². The van der Waals surface area contributed by atoms with E-state index in [1.807, 2.05) is 36.4 Å². The smallest absolute Gasteiger partial charge is 0.269 e. The summed E-state index contributed by atoms with van der Waals surface area (Å²) in [5.74, 6) is -0.615. The van der Waals surface area contributed by atoms with Gasteiger partial charge in [0, 0.05) is 12.0 Å². The number of hydrogen-bond donors (Lipinski definition) is 3. The third kappa shape index (κ3) is 4.35. The number of phenols is 1. The highest BCUT2D eigenvalue weighted by molar-refractivity contribution is 5.95. The summed E-state index contributed by atoms with van der Waals surface area (Å²) in [6.45, 7) is 0. The number of amides is 2. The molecule has 3 N–H and O–H groups in total. The molecule has 2 amide bonds. The molecule has 5 nitrogen and oxygen atoms in total. The highest BCUT2D eigenvalue weighted by Crippen LogP contribution is 2.16. The monoisotopic (exact) mass is 334 g/mol. The molecule has 0 atom stereocenters. The molecule has 0 bridgehead atoms. The van der Waals surface area contributed by atoms with Crippen molar-refractivity contribution in [1.82, 2.24) is 10.9 Å². The van der Waals surface area contributed by atoms with E-state index in [1.54, 1.807) is 0 Å². The predicted molar refractivity (Wildman–Crippen MR) is 96.0 cm³/mol. The second-order valence-electron chi connectivity index (χ2n) is 5.73. The number of hydrogen-bond acceptors (Lipinski definition) is 3. The first-order valence-corrected chi connectivity index (χ1v) is 7.98. The third-order valence-corrected chi connectivity index (χ3v) is 3.90. The first kappa shape index (κ1) is 16.5. The van der Waals surface area contributed by atoms with Crippen molar-refractivity contribution in [2.45, 2.75) is 12.8 Å². The summed E-state index contributed by atoms with van der Waals surface area (Å²) < 4.78 is 0. The number of carbonyl (C=O) groups is 2. The molecule has 5 heteroatoms. The molecule has 0 saturated carbocycles. The molecule has 0 heterocycles. The maximum absolute atomic E-state index is 11.9. The molecule has 126 valence electrons. The molecule has 3 aromatic carbocycles. The molecular formula is C20H18N2O3. The van der Waals surface area contributed by atoms with Crippen LogP contribution < -0.4 is 10.9 Å². The molecule has 0 unspecified atom stereocenters. The van der Waals surface area contributed by atoms with Crippen LogP contribution in [0.25, 0.3) is 10.8 Å². The summed E-state index contributed by atoms with van der Waals surface area (Å²) in [6.07, 6.45) is 0.861. The zero-order chi connectivity index (χ0) is 17.6. The van der Waals surface area contributed by atoms with E-state index in [4.69, 9.17) is 0 Å². The molecule has 25 heavy (non-hydrogen) atoms. The van der Waals surface area contributed by atoms with Crippen LogP contribution in [-0.2, 0) is 11.2 Å². The Kier molecular flexibility index (Phi) is 4.95. The van der Waals surface area contributed by atoms with Crippen molar-refractivity contribution in [3.05, 3.63) is 77.9 Å². The summed E-state index contributed by atoms with van der Waals surface area (Å²) in [4.78, 5) is 23.8. The van der Waals surface area contributed by atoms with E-state index in [1.165, 1.54) is 24.3 Å². The molecule has 3 rings (SSSR count). The molecule has 0 radical (unpaired) electrons. The summed E-state index contributed by atoms with van der Waals surface area (Å²) in [5.41, 5.74) is 6.19. The van der Waals surface area contributed by atoms with E-state index in [2.05, 4.69) is 16.9 Å². The average Bonchev–Trinajstić information content (AvgIpc) is 2.65. The van der Waals surface area contributed by atoms with Crippen molar-refractivity contribution >= 4 is 22.6 Å². The SMILES string of the molecule is O=C(CCc1ccc2ccccc2c1)NNC(=O)c1ccc(O)cc1. The minimum Gasteiger partial charge on any atom is -0.508 e. The van der Waals surface area contributed by atoms with Gasteiger partial charge in [0.05, 0.1) is 0 Å². The molecule has 0 spiro atoms. The molecule has 3 aromatic rings. The van der Waals surface area contributed by atoms with Gasteiger partial charge in [-0.1, -0.05) is 42.5 Å². The van der Waals surface area contributed by atoms with Crippen LogP contribution in [0.3, 0.4) is 0 Å². The molecule has 0 aliphatic rings. The number of aromatic hydroxyl groups is 1. The molecule has 0 aliphatic carbocycles. The Hall–Kier alpha value is -3.34. The minimum atomic E-state index is -0.431. The van der Waals surface area contributed by atoms with Crippen LogP contribution in [0.1, 0.15) is 22.3 Å². The van der Waals surface area contributed by atoms with E-state index < -0.39 is 5.91 Å². The van der Waals surface area contributed by atoms with E-state index >= 15 is 0 Å². The standard InChI is InChI=1S/C20H18N2O3/c23-18-10-8-16(9-11-18)20(25)22-21-19(24)12-6-14-5-7-15-3-1-2-4-17(15)13-14/h1-5,7-11,13,23H,6,12H2,(H,21,24)(H,22,25). The van der Waals surface area contributed by atoms with Gasteiger partial charge < -0.3 is 5.11 Å². The van der Waals surface area contributed by atoms with Crippen LogP contribution in [0.2, 0.25) is 0 Å². The number of fused-ring (bicyclic) bond motifs is 1. The number of rotatable bonds is 4. The Morgan fingerprint density at radius 1 is 0.840 bits per heavy atom. The largest absolute Gasteiger partial charge is 0.508 e. The fourth-order valence-electron chi connectivity index (χ4n) is 2.53. The molecule has 0 saturated heterocycles. The number of hydrazine groups is 1. The lowest BCUT2D eigenvalue weighted by molar-refractivity contribution is -0.121. The van der Waals surface area contributed by atoms with Crippen molar-refractivity contribution in [2.75, 3.05) is 0 Å². The van der Waals surface area contributed by atoms with Crippen molar-refractivity contribution in [3.63, 3.8) is 0 Å². The molecule has 0 aliphatic heterocycles. The maximum atomic E-state index is 11.9. The Morgan fingerprint density at radius 3 is 2.32 bits per heavy atom. The summed E-state index contributed by atoms with van der Waals surface area (Å²) in [7, 11) is 0. The number of carbonyl (C=O) groups excluding carboxylic acids is 2. The van der Waals surface area contributed by atoms with Crippen LogP contribution in [0.4, 0.5) is 0 Å². The van der Waals surface area contributed by atoms with Crippen LogP contribution >= 0.6 is 0 Å². The van der Waals surface area contributed by atoms with E-state index in [9.17, 15) is 14.7 Å². The summed E-state index contributed by atoms with van der Waals surface area (Å²) in [6, 6.07) is 20.0. The average molecular weight is 334 g/mol. The summed E-state index contributed by atoms with van der Waals surface area (Å²) >= 11 is 0. The van der Waals surface area contributed by atoms with E-state index in [-0.39, 0.29) is 18.1 Å². The van der Waals surface area contributed by atoms with Gasteiger partial charge in [-0.15, -0.1) is 0 Å². The lowest BCUT2D eigenvalue weighted by Crippen LogP contribution is -2.41. The van der Waals surface area contributed by atoms with Gasteiger partial charge in [-0.25, -0.2) is 0 Å². The first-order valence-electron chi connectivity index (χ1n) is 7.98. The Bertz CT molecular complexity index is 904. The second-order valence-corrected chi connectivity index (χ2v) is 5.73. The van der Waals surface area contributed by atoms with Crippen molar-refractivity contribution < 1.29 is 14.7 Å². The van der Waals surface area contributed by atoms with Gasteiger partial charge in [-0.2, -0.15) is 0 Å². The van der Waals surface area contributed by atoms with Gasteiger partial charge in [0.15, 0.2) is 0 Å². The van der Waals surface area contributed by atoms with Crippen LogP contribution in [0.5, 0.6) is 5.75 Å². The minimum absolute atomic E-state index is 0.0796. The van der Waals surface area contributed by atoms with Crippen LogP contribution in [0.15, 0.2) is 66.7 Å². The van der Waals surface area contributed by atoms with Crippen molar-refractivity contribution in [2.24, 2.45) is 0 Å². The maximum Gasteiger partial charge on any atom is 0.269 e. The lowest BCUT2D eigenvalue weighted by Gasteiger charge is -2.08. The first-order chi connectivity index (χ1) is 12.1. The predicted octanol–water partition coefficient (Wildman–Crippen LogP) is 2.94. The van der Waals surface area contributed by atoms with Gasteiger partial charge >= 0.3 is 0 Å². The number of aryl methyl sites for hydroxylation is 1. The normalized spacial score (nSPS) is 10.4. The number of nitrogens with one attached hydrogen (secondary N) is 2. The van der Waals surface area contributed by atoms with Crippen LogP contribution in [0, 0.1) is 0 Å². The zero-order valence-electron chi connectivity index (χ0n) is 13.5. The van der Waals surface area contributed by atoms with E-state index in [0.29, 0.717) is 12.0 Å². The van der Waals surface area contributed by atoms with Gasteiger partial charge in [0.1, 0.15) is 5.75 Å². The molecule has 0 aromatic heterocycles. The quantitative estimate of drug-likeness (QED) is 0.642. The highest BCUT2D eigenvalue weighted by atomic mass is 16.3. The Morgan fingerprint density at radius 2 is 1.56 bits per heavy atom. The fraction of sp³-hybridized carbons (Fsp3) is 0.100. The summed E-state index contributed by atoms with van der Waals surface area (Å²) in [5, 5.41) is 11.5. The zero-order valence-corrected chi connectivity index (χ0v) is 13.5. The third-order valence-electron chi connectivity index (χ3n) is 3.90. The van der Waals surface area contributed by atoms with Gasteiger partial charge in [0.25, 0.3) is 5.91 Å². The van der Waals surface area contributed by atoms with Gasteiger partial charge in [-0.05, 0) is 47.0 Å². The topological polar surface area (TPSA) is 78.4 Å². The Labute approximate surface area is 145 Å². The van der Waals surface area contributed by atoms with Crippen molar-refractivity contribution in [3.8, 4) is 5.75 Å². The van der Waals surface area contributed by atoms with Crippen LogP contribution in [-0.4, -0.2) is 16.9 Å². The van der Waals surface area contributed by atoms with E-state index in [0.717, 1.165) is 16.3 Å². The molecule has 0 fully saturated rings. The van der Waals surface area contributed by atoms with Gasteiger partial charge in [-0.3, -0.25) is 20.4 Å². The van der Waals surface area contributed by atoms with Gasteiger partial charge in [0.2, 0.25) is 5.91 Å². The highest BCUT2D eigenvalue weighted by Gasteiger charge is 2.08. The second kappa shape index (κ2) is 7.49. The number of phenolic OH excluding ortho intramolecular Hbond substituents is 1. The molecular weight excluding hydrogens is 316 g/mol. The number of benzene rings is 3. The lowest BCUT2D eigenvalue weighted by atomic mass is 10.0. The Balaban J connectivity index is 1.50. The fourth-order valence-corrected chi connectivity index (χ4v) is 2.53.